The van der Waals surface area contributed by atoms with Gasteiger partial charge in [-0.2, -0.15) is 0 Å². The molecule has 0 fully saturated rings. The van der Waals surface area contributed by atoms with Crippen LogP contribution in [0, 0.1) is 12.3 Å². The van der Waals surface area contributed by atoms with Crippen molar-refractivity contribution in [2.45, 2.75) is 91.4 Å². The van der Waals surface area contributed by atoms with E-state index >= 15 is 0 Å². The zero-order valence-electron chi connectivity index (χ0n) is 11.9. The number of hydrogen-bond donors (Lipinski definition) is 0. The normalized spacial score (nSPS) is 12.9. The highest BCUT2D eigenvalue weighted by atomic mass is 14.0. The van der Waals surface area contributed by atoms with E-state index in [1.807, 2.05) is 0 Å². The van der Waals surface area contributed by atoms with Gasteiger partial charge >= 0.3 is 0 Å². The smallest absolute Gasteiger partial charge is 0.0389 e. The lowest BCUT2D eigenvalue weighted by Gasteiger charge is -2.07. The lowest BCUT2D eigenvalue weighted by molar-refractivity contribution is 0.514. The number of rotatable bonds is 12. The van der Waals surface area contributed by atoms with Gasteiger partial charge in [0.15, 0.2) is 0 Å². The Balaban J connectivity index is 2.93. The summed E-state index contributed by atoms with van der Waals surface area (Å²) in [4.78, 5) is 0. The predicted octanol–water partition coefficient (Wildman–Crippen LogP) is 6.16. The summed E-state index contributed by atoms with van der Waals surface area (Å²) in [6.07, 6.45) is 18.2. The summed E-state index contributed by atoms with van der Waals surface area (Å²) in [6, 6.07) is 0. The first-order chi connectivity index (χ1) is 7.81. The number of unbranched alkanes of at least 4 members (excludes halogenated alkanes) is 9. The van der Waals surface area contributed by atoms with Crippen molar-refractivity contribution in [2.75, 3.05) is 0 Å². The highest BCUT2D eigenvalue weighted by Gasteiger charge is 1.98. The summed E-state index contributed by atoms with van der Waals surface area (Å²) >= 11 is 0. The van der Waals surface area contributed by atoms with E-state index < -0.39 is 0 Å². The Bertz CT molecular complexity index is 117. The molecule has 0 bridgehead atoms. The molecule has 0 N–H and O–H groups in total. The molecule has 1 radical (unpaired) electrons. The third kappa shape index (κ3) is 12.1. The average molecular weight is 225 g/mol. The molecule has 0 spiro atoms. The van der Waals surface area contributed by atoms with Crippen molar-refractivity contribution in [1.29, 1.82) is 0 Å². The first-order valence-electron chi connectivity index (χ1n) is 7.60. The van der Waals surface area contributed by atoms with Gasteiger partial charge in [0, 0.05) is 0 Å². The predicted molar refractivity (Wildman–Crippen MR) is 75.6 cm³/mol. The van der Waals surface area contributed by atoms with Gasteiger partial charge in [0.25, 0.3) is 0 Å². The second-order valence-corrected chi connectivity index (χ2v) is 5.28. The number of hydrogen-bond acceptors (Lipinski definition) is 0. The van der Waals surface area contributed by atoms with E-state index in [9.17, 15) is 0 Å². The molecular weight excluding hydrogens is 192 g/mol. The van der Waals surface area contributed by atoms with Crippen LogP contribution in [0.5, 0.6) is 0 Å². The molecule has 0 nitrogen and oxygen atoms in total. The van der Waals surface area contributed by atoms with Crippen molar-refractivity contribution in [3.63, 3.8) is 0 Å². The molecular formula is C16H33. The van der Waals surface area contributed by atoms with E-state index in [1.165, 1.54) is 70.6 Å². The van der Waals surface area contributed by atoms with E-state index in [0.29, 0.717) is 0 Å². The Hall–Kier alpha value is 0. The summed E-state index contributed by atoms with van der Waals surface area (Å²) in [5.74, 6) is 0.828. The molecule has 1 unspecified atom stereocenters. The largest absolute Gasteiger partial charge is 0.0654 e. The van der Waals surface area contributed by atoms with Crippen LogP contribution in [-0.2, 0) is 0 Å². The van der Waals surface area contributed by atoms with E-state index in [-0.39, 0.29) is 0 Å². The first kappa shape index (κ1) is 16.0. The molecule has 0 saturated carbocycles. The molecule has 0 aliphatic carbocycles. The average Bonchev–Trinajstić information content (AvgIpc) is 2.31. The molecule has 0 aromatic heterocycles. The third-order valence-corrected chi connectivity index (χ3v) is 3.58. The second kappa shape index (κ2) is 13.1. The highest BCUT2D eigenvalue weighted by Crippen LogP contribution is 2.14. The Kier molecular flexibility index (Phi) is 13.1. The maximum Gasteiger partial charge on any atom is -0.0389 e. The minimum atomic E-state index is 0.828. The van der Waals surface area contributed by atoms with Gasteiger partial charge in [-0.1, -0.05) is 91.4 Å². The van der Waals surface area contributed by atoms with Gasteiger partial charge in [-0.25, -0.2) is 0 Å². The lowest BCUT2D eigenvalue weighted by Crippen LogP contribution is -1.92. The van der Waals surface area contributed by atoms with Gasteiger partial charge in [-0.05, 0) is 12.3 Å². The molecule has 0 aliphatic heterocycles. The Morgan fingerprint density at radius 1 is 0.750 bits per heavy atom. The summed E-state index contributed by atoms with van der Waals surface area (Å²) < 4.78 is 0. The van der Waals surface area contributed by atoms with E-state index in [4.69, 9.17) is 0 Å². The second-order valence-electron chi connectivity index (χ2n) is 5.28. The van der Waals surface area contributed by atoms with Crippen LogP contribution in [-0.4, -0.2) is 0 Å². The van der Waals surface area contributed by atoms with Crippen LogP contribution in [0.15, 0.2) is 0 Å². The summed E-state index contributed by atoms with van der Waals surface area (Å²) in [5, 5.41) is 0. The van der Waals surface area contributed by atoms with Crippen molar-refractivity contribution in [3.05, 3.63) is 6.42 Å². The molecule has 0 rings (SSSR count). The molecule has 1 atom stereocenters. The minimum Gasteiger partial charge on any atom is -0.0654 e. The quantitative estimate of drug-likeness (QED) is 0.349. The fourth-order valence-corrected chi connectivity index (χ4v) is 2.12. The summed E-state index contributed by atoms with van der Waals surface area (Å²) in [5.41, 5.74) is 0. The standard InChI is InChI=1S/C16H33/c1-4-6-7-8-9-10-11-12-13-14-15-16(3)5-2/h5,16H,4,6-15H2,1-3H3. The molecule has 0 heterocycles. The maximum atomic E-state index is 2.33. The van der Waals surface area contributed by atoms with Crippen LogP contribution >= 0.6 is 0 Å². The van der Waals surface area contributed by atoms with Gasteiger partial charge in [-0.15, -0.1) is 0 Å². The fraction of sp³-hybridized carbons (Fsp3) is 0.938. The molecule has 0 heteroatoms. The summed E-state index contributed by atoms with van der Waals surface area (Å²) in [6.45, 7) is 6.80. The highest BCUT2D eigenvalue weighted by molar-refractivity contribution is 4.65. The molecule has 0 amide bonds. The van der Waals surface area contributed by atoms with Crippen molar-refractivity contribution in [3.8, 4) is 0 Å². The Labute approximate surface area is 104 Å². The van der Waals surface area contributed by atoms with Crippen LogP contribution in [0.3, 0.4) is 0 Å². The van der Waals surface area contributed by atoms with Crippen LogP contribution < -0.4 is 0 Å². The monoisotopic (exact) mass is 225 g/mol. The third-order valence-electron chi connectivity index (χ3n) is 3.58. The molecule has 0 aliphatic rings. The van der Waals surface area contributed by atoms with E-state index in [0.717, 1.165) is 5.92 Å². The van der Waals surface area contributed by atoms with Gasteiger partial charge in [0.05, 0.1) is 0 Å². The molecule has 16 heavy (non-hydrogen) atoms. The maximum absolute atomic E-state index is 2.33. The van der Waals surface area contributed by atoms with E-state index in [1.54, 1.807) is 0 Å². The fourth-order valence-electron chi connectivity index (χ4n) is 2.12. The Morgan fingerprint density at radius 3 is 1.62 bits per heavy atom. The van der Waals surface area contributed by atoms with Crippen LogP contribution in [0.25, 0.3) is 0 Å². The Morgan fingerprint density at radius 2 is 1.19 bits per heavy atom. The molecule has 0 aromatic carbocycles. The van der Waals surface area contributed by atoms with E-state index in [2.05, 4.69) is 27.2 Å². The van der Waals surface area contributed by atoms with Gasteiger partial charge in [0.1, 0.15) is 0 Å². The summed E-state index contributed by atoms with van der Waals surface area (Å²) in [7, 11) is 0. The minimum absolute atomic E-state index is 0.828. The zero-order chi connectivity index (χ0) is 12.1. The van der Waals surface area contributed by atoms with Crippen molar-refractivity contribution >= 4 is 0 Å². The molecule has 0 aromatic rings. The first-order valence-corrected chi connectivity index (χ1v) is 7.60. The molecule has 0 saturated heterocycles. The zero-order valence-corrected chi connectivity index (χ0v) is 11.9. The van der Waals surface area contributed by atoms with Crippen LogP contribution in [0.4, 0.5) is 0 Å². The van der Waals surface area contributed by atoms with Crippen molar-refractivity contribution in [2.24, 2.45) is 5.92 Å². The van der Waals surface area contributed by atoms with Gasteiger partial charge in [-0.3, -0.25) is 0 Å². The molecule has 97 valence electrons. The van der Waals surface area contributed by atoms with Crippen molar-refractivity contribution in [1.82, 2.24) is 0 Å². The van der Waals surface area contributed by atoms with Crippen molar-refractivity contribution < 1.29 is 0 Å². The van der Waals surface area contributed by atoms with Gasteiger partial charge < -0.3 is 0 Å². The lowest BCUT2D eigenvalue weighted by atomic mass is 9.99. The van der Waals surface area contributed by atoms with Crippen LogP contribution in [0.2, 0.25) is 0 Å². The van der Waals surface area contributed by atoms with Crippen LogP contribution in [0.1, 0.15) is 91.4 Å². The van der Waals surface area contributed by atoms with Gasteiger partial charge in [0.2, 0.25) is 0 Å². The topological polar surface area (TPSA) is 0 Å². The SMILES string of the molecule is C[CH]C(C)CCCCCCCCCCCC.